The standard InChI is InChI=1S/C54H53PSi4/c1-56(45-29-13-5-14-30-45,46-31-15-6-16-32-46)53(57(2,47-33-17-7-18-34-47)48-35-19-8-20-36-48)55-54(58(3,49-37-21-9-22-38-49)50-39-23-10-24-40-50)59(4,51-41-25-11-26-42-51)52-43-27-12-28-44-52/h5-44,53H,1-4H3. The Balaban J connectivity index is 1.63. The Labute approximate surface area is 358 Å². The Morgan fingerprint density at radius 2 is 0.441 bits per heavy atom. The minimum absolute atomic E-state index is 0.304. The zero-order valence-corrected chi connectivity index (χ0v) is 39.5. The highest BCUT2D eigenvalue weighted by molar-refractivity contribution is 7.73. The lowest BCUT2D eigenvalue weighted by Gasteiger charge is -2.48. The molecule has 0 amide bonds. The second-order valence-electron chi connectivity index (χ2n) is 16.5. The van der Waals surface area contributed by atoms with E-state index in [9.17, 15) is 0 Å². The molecule has 0 nitrogen and oxygen atoms in total. The third kappa shape index (κ3) is 7.50. The monoisotopic (exact) mass is 844 g/mol. The van der Waals surface area contributed by atoms with Gasteiger partial charge in [0.25, 0.3) is 0 Å². The first kappa shape index (κ1) is 40.6. The van der Waals surface area contributed by atoms with Crippen LogP contribution < -0.4 is 41.5 Å². The fourth-order valence-corrected chi connectivity index (χ4v) is 43.6. The van der Waals surface area contributed by atoms with Gasteiger partial charge in [-0.1, -0.05) is 294 Å². The highest BCUT2D eigenvalue weighted by Crippen LogP contribution is 2.36. The summed E-state index contributed by atoms with van der Waals surface area (Å²) in [5.41, 5.74) is 0. The molecule has 0 atom stereocenters. The highest BCUT2D eigenvalue weighted by atomic mass is 31.1. The Bertz CT molecular complexity index is 2230. The van der Waals surface area contributed by atoms with Gasteiger partial charge in [-0.3, -0.25) is 0 Å². The Kier molecular flexibility index (Phi) is 12.1. The molecular formula is C54H53PSi4. The van der Waals surface area contributed by atoms with E-state index < -0.39 is 32.3 Å². The van der Waals surface area contributed by atoms with Crippen LogP contribution in [0.2, 0.25) is 26.2 Å². The zero-order valence-electron chi connectivity index (χ0n) is 34.6. The Morgan fingerprint density at radius 1 is 0.271 bits per heavy atom. The van der Waals surface area contributed by atoms with Crippen LogP contribution in [-0.2, 0) is 0 Å². The zero-order chi connectivity index (χ0) is 40.8. The van der Waals surface area contributed by atoms with Gasteiger partial charge in [-0.25, -0.2) is 0 Å². The smallest absolute Gasteiger partial charge is 0.114 e. The van der Waals surface area contributed by atoms with Crippen molar-refractivity contribution < 1.29 is 0 Å². The molecule has 0 saturated heterocycles. The first-order valence-corrected chi connectivity index (χ1v) is 32.0. The minimum Gasteiger partial charge on any atom is -0.114 e. The van der Waals surface area contributed by atoms with E-state index in [1.54, 1.807) is 4.54 Å². The van der Waals surface area contributed by atoms with Crippen molar-refractivity contribution in [2.24, 2.45) is 0 Å². The summed E-state index contributed by atoms with van der Waals surface area (Å²) in [5.74, 6) is 0. The molecule has 0 unspecified atom stereocenters. The van der Waals surface area contributed by atoms with Gasteiger partial charge in [0.05, 0.1) is 0 Å². The van der Waals surface area contributed by atoms with Crippen molar-refractivity contribution in [3.63, 3.8) is 0 Å². The van der Waals surface area contributed by atoms with E-state index in [-0.39, 0.29) is 0 Å². The highest BCUT2D eigenvalue weighted by Gasteiger charge is 2.56. The van der Waals surface area contributed by atoms with Crippen LogP contribution in [-0.4, -0.2) is 41.7 Å². The van der Waals surface area contributed by atoms with Gasteiger partial charge in [0.1, 0.15) is 32.3 Å². The van der Waals surface area contributed by atoms with Crippen LogP contribution in [0.1, 0.15) is 0 Å². The van der Waals surface area contributed by atoms with E-state index in [0.717, 1.165) is 0 Å². The largest absolute Gasteiger partial charge is 0.142 e. The Morgan fingerprint density at radius 3 is 0.627 bits per heavy atom. The summed E-state index contributed by atoms with van der Waals surface area (Å²) in [6.07, 6.45) is 0. The summed E-state index contributed by atoms with van der Waals surface area (Å²) in [7, 11) is -9.39. The van der Waals surface area contributed by atoms with E-state index in [2.05, 4.69) is 269 Å². The second-order valence-corrected chi connectivity index (χ2v) is 36.7. The fourth-order valence-electron chi connectivity index (χ4n) is 9.79. The summed E-state index contributed by atoms with van der Waals surface area (Å²) >= 11 is 0. The van der Waals surface area contributed by atoms with Gasteiger partial charge in [-0.2, -0.15) is 0 Å². The molecule has 8 aromatic rings. The lowest BCUT2D eigenvalue weighted by molar-refractivity contribution is 1.53. The summed E-state index contributed by atoms with van der Waals surface area (Å²) in [4.78, 5) is 0.304. The molecule has 0 aromatic heterocycles. The molecule has 0 aliphatic heterocycles. The number of hydrogen-bond donors (Lipinski definition) is 0. The van der Waals surface area contributed by atoms with Crippen molar-refractivity contribution in [1.29, 1.82) is 0 Å². The van der Waals surface area contributed by atoms with Gasteiger partial charge >= 0.3 is 0 Å². The third-order valence-electron chi connectivity index (χ3n) is 13.2. The molecule has 0 bridgehead atoms. The van der Waals surface area contributed by atoms with Crippen LogP contribution in [0.15, 0.2) is 243 Å². The van der Waals surface area contributed by atoms with Crippen molar-refractivity contribution in [1.82, 2.24) is 0 Å². The lowest BCUT2D eigenvalue weighted by Crippen LogP contribution is -2.79. The molecule has 59 heavy (non-hydrogen) atoms. The molecule has 8 aromatic carbocycles. The van der Waals surface area contributed by atoms with E-state index in [0.29, 0.717) is 4.91 Å². The molecule has 5 heteroatoms. The summed E-state index contributed by atoms with van der Waals surface area (Å²) in [5, 5.41) is 11.9. The molecule has 8 rings (SSSR count). The normalized spacial score (nSPS) is 12.4. The quantitative estimate of drug-likeness (QED) is 0.0812. The number of benzene rings is 8. The molecular weight excluding hydrogens is 792 g/mol. The molecule has 0 heterocycles. The maximum atomic E-state index is 2.72. The molecule has 290 valence electrons. The van der Waals surface area contributed by atoms with Crippen LogP contribution in [0.25, 0.3) is 0 Å². The first-order chi connectivity index (χ1) is 28.8. The maximum Gasteiger partial charge on any atom is 0.142 e. The molecule has 0 radical (unpaired) electrons. The van der Waals surface area contributed by atoms with Crippen LogP contribution in [0.4, 0.5) is 0 Å². The topological polar surface area (TPSA) is 0 Å². The van der Waals surface area contributed by atoms with Crippen molar-refractivity contribution in [2.45, 2.75) is 31.1 Å². The maximum absolute atomic E-state index is 2.75. The molecule has 0 spiro atoms. The molecule has 0 aliphatic rings. The van der Waals surface area contributed by atoms with Crippen LogP contribution in [0.5, 0.6) is 0 Å². The molecule has 0 aliphatic carbocycles. The first-order valence-electron chi connectivity index (χ1n) is 20.8. The predicted octanol–water partition coefficient (Wildman–Crippen LogP) is 8.20. The van der Waals surface area contributed by atoms with Gasteiger partial charge in [0.2, 0.25) is 0 Å². The SMILES string of the molecule is C[Si](C(=PC([Si](C)(c1ccccc1)c1ccccc1)[Si](C)(c1ccccc1)c1ccccc1)[Si](C)(c1ccccc1)c1ccccc1)(c1ccccc1)c1ccccc1. The number of hydrogen-bond acceptors (Lipinski definition) is 0. The minimum atomic E-state index is -2.75. The van der Waals surface area contributed by atoms with Crippen molar-refractivity contribution in [3.8, 4) is 0 Å². The van der Waals surface area contributed by atoms with Crippen LogP contribution in [0.3, 0.4) is 0 Å². The van der Waals surface area contributed by atoms with Gasteiger partial charge in [-0.05, 0) is 20.7 Å². The third-order valence-corrected chi connectivity index (χ3v) is 43.7. The molecule has 0 N–H and O–H groups in total. The van der Waals surface area contributed by atoms with Crippen molar-refractivity contribution >= 4 is 86.5 Å². The van der Waals surface area contributed by atoms with Gasteiger partial charge in [0.15, 0.2) is 0 Å². The van der Waals surface area contributed by atoms with E-state index >= 15 is 0 Å². The average molecular weight is 845 g/mol. The van der Waals surface area contributed by atoms with E-state index in [1.807, 2.05) is 0 Å². The lowest BCUT2D eigenvalue weighted by atomic mass is 10.4. The summed E-state index contributed by atoms with van der Waals surface area (Å²) < 4.78 is 1.76. The van der Waals surface area contributed by atoms with Crippen molar-refractivity contribution in [2.75, 3.05) is 0 Å². The second kappa shape index (κ2) is 17.6. The predicted molar refractivity (Wildman–Crippen MR) is 271 cm³/mol. The van der Waals surface area contributed by atoms with Gasteiger partial charge in [-0.15, -0.1) is 8.20 Å². The fraction of sp³-hybridized carbons (Fsp3) is 0.0926. The van der Waals surface area contributed by atoms with Gasteiger partial charge < -0.3 is 0 Å². The van der Waals surface area contributed by atoms with E-state index in [4.69, 9.17) is 0 Å². The summed E-state index contributed by atoms with van der Waals surface area (Å²) in [6, 6.07) is 93.3. The Hall–Kier alpha value is -5.20. The van der Waals surface area contributed by atoms with Gasteiger partial charge in [0, 0.05) is 4.91 Å². The van der Waals surface area contributed by atoms with E-state index in [1.165, 1.54) is 49.7 Å². The summed E-state index contributed by atoms with van der Waals surface area (Å²) in [6.45, 7) is 10.8. The number of rotatable bonds is 13. The van der Waals surface area contributed by atoms with Crippen molar-refractivity contribution in [3.05, 3.63) is 243 Å². The van der Waals surface area contributed by atoms with Crippen LogP contribution >= 0.6 is 8.20 Å². The molecule has 0 saturated carbocycles. The van der Waals surface area contributed by atoms with Crippen LogP contribution in [0, 0.1) is 0 Å². The average Bonchev–Trinajstić information content (AvgIpc) is 3.33. The molecule has 0 fully saturated rings.